The predicted molar refractivity (Wildman–Crippen MR) is 506 cm³/mol. The van der Waals surface area contributed by atoms with E-state index in [1.807, 2.05) is 112 Å². The Bertz CT molecular complexity index is 8390. The van der Waals surface area contributed by atoms with Gasteiger partial charge in [-0.2, -0.15) is 0 Å². The van der Waals surface area contributed by atoms with Gasteiger partial charge in [-0.25, -0.2) is 38.2 Å². The Morgan fingerprint density at radius 2 is 0.677 bits per heavy atom. The smallest absolute Gasteiger partial charge is 0.220 e. The van der Waals surface area contributed by atoms with Gasteiger partial charge >= 0.3 is 0 Å². The zero-order chi connectivity index (χ0) is 92.5. The molecule has 0 radical (unpaired) electrons. The molecule has 0 atom stereocenters. The summed E-state index contributed by atoms with van der Waals surface area (Å²) in [6, 6.07) is 59.4. The van der Waals surface area contributed by atoms with Crippen LogP contribution in [0.4, 0.5) is 0 Å². The maximum absolute atomic E-state index is 9.23. The van der Waals surface area contributed by atoms with E-state index < -0.39 is 46.4 Å². The number of hydrogen-bond donors (Lipinski definition) is 0. The van der Waals surface area contributed by atoms with Gasteiger partial charge in [-0.15, -0.1) is 0 Å². The van der Waals surface area contributed by atoms with Crippen LogP contribution in [0.25, 0.3) is 156 Å². The first-order chi connectivity index (χ1) is 60.9. The van der Waals surface area contributed by atoms with Crippen LogP contribution in [0.15, 0.2) is 195 Å². The lowest BCUT2D eigenvalue weighted by molar-refractivity contribution is -0.661. The normalized spacial score (nSPS) is 16.1. The molecule has 624 valence electrons. The maximum atomic E-state index is 9.23. The van der Waals surface area contributed by atoms with E-state index in [0.717, 1.165) is 129 Å². The summed E-state index contributed by atoms with van der Waals surface area (Å²) in [5.74, 6) is 2.37. The van der Waals surface area contributed by atoms with Crippen LogP contribution in [-0.4, -0.2) is 55.8 Å². The van der Waals surface area contributed by atoms with Crippen LogP contribution in [0.1, 0.15) is 211 Å². The van der Waals surface area contributed by atoms with Crippen LogP contribution >= 0.6 is 0 Å². The molecule has 4 aliphatic rings. The lowest BCUT2D eigenvalue weighted by atomic mass is 9.77. The molecule has 124 heavy (non-hydrogen) atoms. The fourth-order valence-corrected chi connectivity index (χ4v) is 22.0. The molecule has 24 rings (SSSR count). The molecule has 0 amide bonds. The highest BCUT2D eigenvalue weighted by Gasteiger charge is 2.49. The number of imidazole rings is 8. The monoisotopic (exact) mass is 1640 g/mol. The van der Waals surface area contributed by atoms with E-state index in [-0.39, 0.29) is 11.1 Å². The summed E-state index contributed by atoms with van der Waals surface area (Å²) in [6.45, 7) is 46.4. The van der Waals surface area contributed by atoms with E-state index in [1.54, 1.807) is 0 Å². The molecule has 0 saturated heterocycles. The summed E-state index contributed by atoms with van der Waals surface area (Å²) in [4.78, 5) is 20.3. The number of para-hydroxylation sites is 8. The molecule has 0 saturated carbocycles. The number of aromatic nitrogens is 16. The Kier molecular flexibility index (Phi) is 15.4. The van der Waals surface area contributed by atoms with Crippen molar-refractivity contribution in [3.05, 3.63) is 261 Å². The third-order valence-electron chi connectivity index (χ3n) is 27.3. The van der Waals surface area contributed by atoms with Crippen molar-refractivity contribution in [3.63, 3.8) is 0 Å². The number of rotatable bonds is 4. The van der Waals surface area contributed by atoms with E-state index in [1.165, 1.54) is 89.0 Å². The molecule has 0 N–H and O–H groups in total. The largest absolute Gasteiger partial charge is 0.299 e. The Morgan fingerprint density at radius 3 is 1.04 bits per heavy atom. The zero-order valence-electron chi connectivity index (χ0n) is 82.6. The number of benzene rings is 8. The minimum Gasteiger partial charge on any atom is -0.299 e. The van der Waals surface area contributed by atoms with Gasteiger partial charge in [0.1, 0.15) is 28.2 Å². The Labute approximate surface area is 734 Å². The molecule has 0 fully saturated rings. The predicted octanol–water partition coefficient (Wildman–Crippen LogP) is 22.8. The Morgan fingerprint density at radius 1 is 0.355 bits per heavy atom. The van der Waals surface area contributed by atoms with Crippen molar-refractivity contribution < 1.29 is 26.5 Å². The Hall–Kier alpha value is -12.6. The number of aryl methyl sites for hydroxylation is 8. The summed E-state index contributed by atoms with van der Waals surface area (Å²) in [6.07, 6.45) is 5.23. The average molecular weight is 1640 g/mol. The first kappa shape index (κ1) is 72.0. The van der Waals surface area contributed by atoms with Gasteiger partial charge in [0.2, 0.25) is 45.9 Å². The summed E-state index contributed by atoms with van der Waals surface area (Å²) in [5, 5.41) is 0. The molecule has 20 aromatic rings. The van der Waals surface area contributed by atoms with Gasteiger partial charge in [-0.1, -0.05) is 142 Å². The highest BCUT2D eigenvalue weighted by molar-refractivity contribution is 6.06. The minimum absolute atomic E-state index is 0.320. The number of hydrogen-bond acceptors (Lipinski definition) is 4. The van der Waals surface area contributed by atoms with Gasteiger partial charge in [0.05, 0.1) is 155 Å². The van der Waals surface area contributed by atoms with Crippen LogP contribution in [-0.2, 0) is 63.1 Å². The molecule has 0 bridgehead atoms. The standard InChI is InChI=1S/2C28H31N4.2C26H27N4/c1-17-12-13-22-25-23(17)24-19(14-18(16-30(24)7)15-27(2,3)4)28(5,6)32(25)26-29-20-10-8-9-11-21(20)31(22)26;1-17-12-13-21-24-22(17)25-23(18(14-15-30(25)7)16-27(2,3)4)28(5,6)32(24)26-29-19-10-8-9-11-20(19)31(21)26;1-15(2)17-13-18-23(28(6)14-17)22-16(3)11-12-21-24(22)30(26(18,4)5)25-27-19-9-7-8-10-20(19)29(21)25;1-15(2)17-13-14-28(6)24-21-16(3)11-12-20-23(21)30(26(4,5)22(17)24)25-27-18-9-7-8-10-19(18)29(20)25/h8-14,16H,15H2,1-7H3;8-15H,16H2,1-7H3;2*7-15H,1-6H3/q4*+1/i15D2;16D2;2*15D. The molecular formula is C108H116N16+4. The second-order valence-electron chi connectivity index (χ2n) is 40.1. The quantitative estimate of drug-likeness (QED) is 0.164. The second kappa shape index (κ2) is 26.5. The van der Waals surface area contributed by atoms with E-state index in [9.17, 15) is 2.74 Å². The molecule has 0 aliphatic carbocycles. The molecule has 16 heteroatoms. The molecular weight excluding hydrogens is 1520 g/mol. The fourth-order valence-electron chi connectivity index (χ4n) is 22.0. The van der Waals surface area contributed by atoms with Gasteiger partial charge in [-0.05, 0) is 237 Å². The number of fused-ring (bicyclic) bond motifs is 28. The molecule has 16 heterocycles. The first-order valence-corrected chi connectivity index (χ1v) is 43.8. The van der Waals surface area contributed by atoms with Crippen LogP contribution in [0.3, 0.4) is 0 Å². The van der Waals surface area contributed by atoms with Gasteiger partial charge in [0.15, 0.2) is 24.8 Å². The third-order valence-corrected chi connectivity index (χ3v) is 27.3. The second-order valence-corrected chi connectivity index (χ2v) is 40.1. The molecule has 8 aromatic carbocycles. The van der Waals surface area contributed by atoms with Gasteiger partial charge in [-0.3, -0.25) is 35.9 Å². The van der Waals surface area contributed by atoms with E-state index >= 15 is 0 Å². The summed E-state index contributed by atoms with van der Waals surface area (Å²) in [5.41, 5.74) is 37.7. The van der Waals surface area contributed by atoms with Crippen molar-refractivity contribution in [2.24, 2.45) is 39.0 Å². The van der Waals surface area contributed by atoms with Crippen LogP contribution < -0.4 is 18.3 Å². The molecule has 0 unspecified atom stereocenters. The van der Waals surface area contributed by atoms with Crippen molar-refractivity contribution >= 4 is 111 Å². The fraction of sp³-hybridized carbons (Fsp3) is 0.333. The van der Waals surface area contributed by atoms with Crippen molar-refractivity contribution in [3.8, 4) is 45.0 Å². The lowest BCUT2D eigenvalue weighted by Gasteiger charge is -2.36. The third kappa shape index (κ3) is 10.9. The van der Waals surface area contributed by atoms with Gasteiger partial charge in [0, 0.05) is 31.5 Å². The first-order valence-electron chi connectivity index (χ1n) is 46.8. The van der Waals surface area contributed by atoms with E-state index in [2.05, 4.69) is 317 Å². The van der Waals surface area contributed by atoms with Crippen LogP contribution in [0, 0.1) is 38.5 Å². The van der Waals surface area contributed by atoms with Crippen molar-refractivity contribution in [2.75, 3.05) is 0 Å². The summed E-state index contributed by atoms with van der Waals surface area (Å²) < 4.78 is 81.4. The van der Waals surface area contributed by atoms with Gasteiger partial charge in [0.25, 0.3) is 0 Å². The topological polar surface area (TPSA) is 104 Å². The van der Waals surface area contributed by atoms with Crippen molar-refractivity contribution in [2.45, 2.75) is 199 Å². The highest BCUT2D eigenvalue weighted by atomic mass is 15.3. The molecule has 0 spiro atoms. The van der Waals surface area contributed by atoms with Crippen molar-refractivity contribution in [1.82, 2.24) is 55.8 Å². The minimum atomic E-state index is -1.52. The maximum Gasteiger partial charge on any atom is 0.220 e. The summed E-state index contributed by atoms with van der Waals surface area (Å²) >= 11 is 0. The molecule has 12 aromatic heterocycles. The van der Waals surface area contributed by atoms with Crippen molar-refractivity contribution in [1.29, 1.82) is 0 Å². The number of nitrogens with zero attached hydrogens (tertiary/aromatic N) is 16. The summed E-state index contributed by atoms with van der Waals surface area (Å²) in [7, 11) is 8.35. The highest BCUT2D eigenvalue weighted by Crippen LogP contribution is 2.54. The van der Waals surface area contributed by atoms with Crippen LogP contribution in [0.5, 0.6) is 0 Å². The van der Waals surface area contributed by atoms with E-state index in [4.69, 9.17) is 25.4 Å². The number of pyridine rings is 4. The van der Waals surface area contributed by atoms with Crippen LogP contribution in [0.2, 0.25) is 0 Å². The Balaban J connectivity index is 0.000000105. The molecule has 16 nitrogen and oxygen atoms in total. The average Bonchev–Trinajstić information content (AvgIpc) is 1.53. The lowest BCUT2D eigenvalue weighted by Crippen LogP contribution is -2.41. The molecule has 4 aliphatic heterocycles. The van der Waals surface area contributed by atoms with E-state index in [0.29, 0.717) is 5.56 Å². The van der Waals surface area contributed by atoms with Gasteiger partial charge < -0.3 is 0 Å². The zero-order valence-corrected chi connectivity index (χ0v) is 76.6. The SMILES string of the molecule is [2H]C(C)(C)c1cc2c([n+](C)c1)-c1c(C)ccc3c1n(c1nc4ccccc4n31)C2(C)C.[2H]C(C)(C)c1cc[n+](C)c2c1C(C)(C)n1c3c-2c(C)ccc3n2c3ccccc3nc12.[2H]C([2H])(c1cc2c([n+](C)c1)-c1c(C)ccc3c1n(c1nc4ccccc4n31)C2(C)C)C(C)(C)C.[2H]C([2H])(c1cc[n+](C)c2c1C(C)(C)n1c3c-2c(C)ccc3n2c3ccccc3nc12)C(C)(C)C.